The smallest absolute Gasteiger partial charge is 0.410 e. The van der Waals surface area contributed by atoms with Crippen molar-refractivity contribution in [2.45, 2.75) is 45.9 Å². The van der Waals surface area contributed by atoms with E-state index in [-0.39, 0.29) is 6.09 Å². The topological polar surface area (TPSA) is 57.9 Å². The molecule has 0 radical (unpaired) electrons. The zero-order valence-corrected chi connectivity index (χ0v) is 16.8. The van der Waals surface area contributed by atoms with Crippen LogP contribution >= 0.6 is 0 Å². The summed E-state index contributed by atoms with van der Waals surface area (Å²) in [5, 5.41) is 11.8. The van der Waals surface area contributed by atoms with Crippen molar-refractivity contribution >= 4 is 17.0 Å². The highest BCUT2D eigenvalue weighted by atomic mass is 16.6. The second kappa shape index (κ2) is 7.90. The number of rotatable bonds is 4. The summed E-state index contributed by atoms with van der Waals surface area (Å²) in [5.74, 6) is 0. The Bertz CT molecular complexity index is 786. The zero-order valence-electron chi connectivity index (χ0n) is 16.8. The number of amides is 1. The number of hydrogen-bond acceptors (Lipinski definition) is 4. The van der Waals surface area contributed by atoms with Crippen LogP contribution in [0.1, 0.15) is 26.3 Å². The van der Waals surface area contributed by atoms with Crippen LogP contribution in [0.3, 0.4) is 0 Å². The second-order valence-corrected chi connectivity index (χ2v) is 8.40. The summed E-state index contributed by atoms with van der Waals surface area (Å²) in [7, 11) is 0. The first-order valence-corrected chi connectivity index (χ1v) is 9.66. The summed E-state index contributed by atoms with van der Waals surface area (Å²) in [4.78, 5) is 16.1. The number of aromatic nitrogens is 1. The third-order valence-corrected chi connectivity index (χ3v) is 4.89. The lowest BCUT2D eigenvalue weighted by molar-refractivity contribution is 0.00945. The first-order chi connectivity index (χ1) is 12.7. The van der Waals surface area contributed by atoms with E-state index in [1.54, 1.807) is 4.90 Å². The van der Waals surface area contributed by atoms with Crippen molar-refractivity contribution in [1.82, 2.24) is 14.4 Å². The molecule has 1 fully saturated rings. The number of nitrogens with zero attached hydrogens (tertiary/aromatic N) is 3. The van der Waals surface area contributed by atoms with E-state index in [0.29, 0.717) is 26.2 Å². The van der Waals surface area contributed by atoms with Crippen LogP contribution in [0.2, 0.25) is 0 Å². The van der Waals surface area contributed by atoms with Crippen molar-refractivity contribution in [3.63, 3.8) is 0 Å². The van der Waals surface area contributed by atoms with Gasteiger partial charge in [-0.05, 0) is 39.3 Å². The summed E-state index contributed by atoms with van der Waals surface area (Å²) >= 11 is 0. The molecule has 27 heavy (non-hydrogen) atoms. The molecule has 1 aliphatic rings. The maximum absolute atomic E-state index is 12.1. The van der Waals surface area contributed by atoms with Gasteiger partial charge in [-0.1, -0.05) is 18.2 Å². The summed E-state index contributed by atoms with van der Waals surface area (Å²) in [5.41, 5.74) is 1.91. The lowest BCUT2D eigenvalue weighted by atomic mass is 10.2. The first-order valence-electron chi connectivity index (χ1n) is 9.66. The highest BCUT2D eigenvalue weighted by Crippen LogP contribution is 2.21. The molecule has 1 aliphatic heterocycles. The van der Waals surface area contributed by atoms with E-state index >= 15 is 0 Å². The van der Waals surface area contributed by atoms with Gasteiger partial charge in [0.25, 0.3) is 0 Å². The molecule has 1 aromatic heterocycles. The fraction of sp³-hybridized carbons (Fsp3) is 0.571. The molecule has 6 nitrogen and oxygen atoms in total. The normalized spacial score (nSPS) is 17.3. The molecular weight excluding hydrogens is 342 g/mol. The number of carbonyl (C=O) groups excluding carboxylic acids is 1. The van der Waals surface area contributed by atoms with Gasteiger partial charge in [0.2, 0.25) is 0 Å². The molecule has 148 valence electrons. The largest absolute Gasteiger partial charge is 0.444 e. The minimum atomic E-state index is -0.470. The van der Waals surface area contributed by atoms with Gasteiger partial charge in [-0.15, -0.1) is 0 Å². The molecule has 1 N–H and O–H groups in total. The van der Waals surface area contributed by atoms with Crippen LogP contribution in [0, 0.1) is 6.92 Å². The molecule has 6 heteroatoms. The lowest BCUT2D eigenvalue weighted by Gasteiger charge is -2.36. The van der Waals surface area contributed by atoms with Gasteiger partial charge in [0, 0.05) is 56.4 Å². The number of aliphatic hydroxyl groups excluding tert-OH is 1. The Morgan fingerprint density at radius 3 is 2.48 bits per heavy atom. The van der Waals surface area contributed by atoms with Crippen LogP contribution in [0.5, 0.6) is 0 Å². The number of β-amino-alcohol motifs (C(OH)–C–C–N with tert-alkyl or cyclic N) is 1. The Balaban J connectivity index is 1.51. The van der Waals surface area contributed by atoms with Crippen molar-refractivity contribution in [2.24, 2.45) is 0 Å². The van der Waals surface area contributed by atoms with E-state index in [4.69, 9.17) is 4.74 Å². The van der Waals surface area contributed by atoms with E-state index in [2.05, 4.69) is 34.7 Å². The quantitative estimate of drug-likeness (QED) is 0.895. The predicted molar refractivity (Wildman–Crippen MR) is 107 cm³/mol. The summed E-state index contributed by atoms with van der Waals surface area (Å²) in [6.07, 6.45) is 1.40. The van der Waals surface area contributed by atoms with Crippen LogP contribution < -0.4 is 0 Å². The first kappa shape index (κ1) is 19.7. The van der Waals surface area contributed by atoms with Crippen LogP contribution in [0.4, 0.5) is 4.79 Å². The molecular formula is C21H31N3O3. The highest BCUT2D eigenvalue weighted by Gasteiger charge is 2.26. The van der Waals surface area contributed by atoms with Crippen LogP contribution in [-0.4, -0.2) is 70.0 Å². The van der Waals surface area contributed by atoms with Gasteiger partial charge in [0.05, 0.1) is 6.10 Å². The maximum Gasteiger partial charge on any atom is 0.410 e. The Morgan fingerprint density at radius 1 is 1.15 bits per heavy atom. The number of piperazine rings is 1. The van der Waals surface area contributed by atoms with Crippen LogP contribution in [0.25, 0.3) is 10.9 Å². The monoisotopic (exact) mass is 373 g/mol. The average Bonchev–Trinajstić information content (AvgIpc) is 2.90. The van der Waals surface area contributed by atoms with Gasteiger partial charge >= 0.3 is 6.09 Å². The number of aryl methyl sites for hydroxylation is 1. The zero-order chi connectivity index (χ0) is 19.6. The van der Waals surface area contributed by atoms with Crippen molar-refractivity contribution in [3.05, 3.63) is 36.0 Å². The number of fused-ring (bicyclic) bond motifs is 1. The molecule has 3 rings (SSSR count). The molecule has 1 unspecified atom stereocenters. The molecule has 0 bridgehead atoms. The molecule has 1 saturated heterocycles. The van der Waals surface area contributed by atoms with Crippen molar-refractivity contribution in [3.8, 4) is 0 Å². The van der Waals surface area contributed by atoms with Gasteiger partial charge in [-0.25, -0.2) is 4.79 Å². The van der Waals surface area contributed by atoms with Gasteiger partial charge in [-0.3, -0.25) is 4.90 Å². The standard InChI is InChI=1S/C21H31N3O3/c1-16-13-24(19-8-6-5-7-18(16)19)15-17(25)14-22-9-11-23(12-10-22)20(26)27-21(2,3)4/h5-8,13,17,25H,9-12,14-15H2,1-4H3. The minimum Gasteiger partial charge on any atom is -0.444 e. The Hall–Kier alpha value is -2.05. The lowest BCUT2D eigenvalue weighted by Crippen LogP contribution is -2.51. The Labute approximate surface area is 161 Å². The third-order valence-electron chi connectivity index (χ3n) is 4.89. The van der Waals surface area contributed by atoms with E-state index < -0.39 is 11.7 Å². The fourth-order valence-electron chi connectivity index (χ4n) is 3.60. The van der Waals surface area contributed by atoms with Crippen molar-refractivity contribution in [2.75, 3.05) is 32.7 Å². The predicted octanol–water partition coefficient (Wildman–Crippen LogP) is 2.86. The number of carbonyl (C=O) groups is 1. The Morgan fingerprint density at radius 2 is 1.81 bits per heavy atom. The summed E-state index contributed by atoms with van der Waals surface area (Å²) < 4.78 is 7.56. The molecule has 0 spiro atoms. The van der Waals surface area contributed by atoms with Gasteiger partial charge in [-0.2, -0.15) is 0 Å². The SMILES string of the molecule is Cc1cn(CC(O)CN2CCN(C(=O)OC(C)(C)C)CC2)c2ccccc12. The summed E-state index contributed by atoms with van der Waals surface area (Å²) in [6, 6.07) is 8.28. The molecule has 2 aromatic rings. The van der Waals surface area contributed by atoms with E-state index in [1.807, 2.05) is 32.9 Å². The number of hydrogen-bond donors (Lipinski definition) is 1. The van der Waals surface area contributed by atoms with Crippen molar-refractivity contribution in [1.29, 1.82) is 0 Å². The minimum absolute atomic E-state index is 0.253. The maximum atomic E-state index is 12.1. The molecule has 1 atom stereocenters. The Kier molecular flexibility index (Phi) is 5.77. The molecule has 1 amide bonds. The van der Waals surface area contributed by atoms with E-state index in [1.165, 1.54) is 10.9 Å². The average molecular weight is 373 g/mol. The van der Waals surface area contributed by atoms with Crippen molar-refractivity contribution < 1.29 is 14.6 Å². The second-order valence-electron chi connectivity index (χ2n) is 8.40. The fourth-order valence-corrected chi connectivity index (χ4v) is 3.60. The van der Waals surface area contributed by atoms with E-state index in [0.717, 1.165) is 18.6 Å². The number of ether oxygens (including phenoxy) is 1. The third kappa shape index (κ3) is 5.02. The van der Waals surface area contributed by atoms with Crippen LogP contribution in [0.15, 0.2) is 30.5 Å². The van der Waals surface area contributed by atoms with Gasteiger partial charge in [0.15, 0.2) is 0 Å². The van der Waals surface area contributed by atoms with Crippen LogP contribution in [-0.2, 0) is 11.3 Å². The molecule has 0 saturated carbocycles. The van der Waals surface area contributed by atoms with Gasteiger partial charge < -0.3 is 19.3 Å². The van der Waals surface area contributed by atoms with Gasteiger partial charge in [0.1, 0.15) is 5.60 Å². The molecule has 2 heterocycles. The molecule has 1 aromatic carbocycles. The molecule has 0 aliphatic carbocycles. The summed E-state index contributed by atoms with van der Waals surface area (Å²) in [6.45, 7) is 11.7. The van der Waals surface area contributed by atoms with E-state index in [9.17, 15) is 9.90 Å². The number of aliphatic hydroxyl groups is 1. The number of benzene rings is 1. The number of para-hydroxylation sites is 1. The highest BCUT2D eigenvalue weighted by molar-refractivity contribution is 5.83.